The van der Waals surface area contributed by atoms with E-state index in [0.29, 0.717) is 31.1 Å². The summed E-state index contributed by atoms with van der Waals surface area (Å²) in [6.45, 7) is 5.71. The number of aryl methyl sites for hydroxylation is 1. The van der Waals surface area contributed by atoms with Gasteiger partial charge < -0.3 is 19.7 Å². The fraction of sp³-hybridized carbons (Fsp3) is 0.619. The molecule has 2 aliphatic heterocycles. The van der Waals surface area contributed by atoms with Crippen LogP contribution < -0.4 is 10.1 Å². The van der Waals surface area contributed by atoms with Crippen LogP contribution in [0.3, 0.4) is 0 Å². The van der Waals surface area contributed by atoms with Gasteiger partial charge in [-0.2, -0.15) is 0 Å². The molecule has 4 rings (SSSR count). The highest BCUT2D eigenvalue weighted by atomic mass is 19.1. The summed E-state index contributed by atoms with van der Waals surface area (Å²) >= 11 is 0. The molecular weight excluding hydrogens is 363 g/mol. The van der Waals surface area contributed by atoms with Gasteiger partial charge in [0.2, 0.25) is 5.91 Å². The molecule has 7 heteroatoms. The van der Waals surface area contributed by atoms with Crippen molar-refractivity contribution < 1.29 is 23.5 Å². The van der Waals surface area contributed by atoms with Gasteiger partial charge in [0.15, 0.2) is 0 Å². The Kier molecular flexibility index (Phi) is 4.93. The highest BCUT2D eigenvalue weighted by Crippen LogP contribution is 2.42. The van der Waals surface area contributed by atoms with E-state index in [1.807, 2.05) is 18.7 Å². The molecule has 0 bridgehead atoms. The maximum Gasteiger partial charge on any atom is 0.407 e. The van der Waals surface area contributed by atoms with Gasteiger partial charge in [0.25, 0.3) is 0 Å². The Balaban J connectivity index is 1.25. The minimum absolute atomic E-state index is 0.0132. The largest absolute Gasteiger partial charge is 0.490 e. The van der Waals surface area contributed by atoms with Crippen molar-refractivity contribution in [3.8, 4) is 5.75 Å². The van der Waals surface area contributed by atoms with Gasteiger partial charge in [0.05, 0.1) is 11.6 Å². The van der Waals surface area contributed by atoms with Crippen LogP contribution in [0.2, 0.25) is 0 Å². The molecule has 3 fully saturated rings. The van der Waals surface area contributed by atoms with Crippen LogP contribution in [0.15, 0.2) is 18.2 Å². The summed E-state index contributed by atoms with van der Waals surface area (Å²) in [4.78, 5) is 25.9. The predicted molar refractivity (Wildman–Crippen MR) is 100 cm³/mol. The van der Waals surface area contributed by atoms with Gasteiger partial charge in [-0.05, 0) is 69.2 Å². The van der Waals surface area contributed by atoms with Crippen LogP contribution in [0.5, 0.6) is 5.75 Å². The summed E-state index contributed by atoms with van der Waals surface area (Å²) in [6, 6.07) is 4.57. The summed E-state index contributed by atoms with van der Waals surface area (Å²) in [7, 11) is 0. The molecule has 1 aromatic carbocycles. The number of nitrogens with zero attached hydrogens (tertiary/aromatic N) is 1. The smallest absolute Gasteiger partial charge is 0.407 e. The van der Waals surface area contributed by atoms with E-state index in [2.05, 4.69) is 5.32 Å². The maximum absolute atomic E-state index is 13.3. The molecule has 1 saturated carbocycles. The molecule has 1 unspecified atom stereocenters. The number of ether oxygens (including phenoxy) is 2. The Morgan fingerprint density at radius 1 is 1.36 bits per heavy atom. The van der Waals surface area contributed by atoms with Crippen molar-refractivity contribution in [2.24, 2.45) is 11.8 Å². The van der Waals surface area contributed by atoms with E-state index in [4.69, 9.17) is 9.47 Å². The molecule has 0 radical (unpaired) electrons. The van der Waals surface area contributed by atoms with E-state index >= 15 is 0 Å². The van der Waals surface area contributed by atoms with Crippen molar-refractivity contribution in [2.75, 3.05) is 19.7 Å². The highest BCUT2D eigenvalue weighted by molar-refractivity contribution is 5.81. The maximum atomic E-state index is 13.3. The average Bonchev–Trinajstić information content (AvgIpc) is 3.04. The number of halogens is 1. The number of amides is 2. The summed E-state index contributed by atoms with van der Waals surface area (Å²) in [5, 5.41) is 2.84. The number of hydrogen-bond acceptors (Lipinski definition) is 4. The van der Waals surface area contributed by atoms with E-state index in [0.717, 1.165) is 31.5 Å². The summed E-state index contributed by atoms with van der Waals surface area (Å²) in [5.74, 6) is 0.991. The van der Waals surface area contributed by atoms with Gasteiger partial charge in [0, 0.05) is 19.0 Å². The second-order valence-corrected chi connectivity index (χ2v) is 8.48. The van der Waals surface area contributed by atoms with Crippen LogP contribution in [0.4, 0.5) is 9.18 Å². The van der Waals surface area contributed by atoms with Gasteiger partial charge in [0.1, 0.15) is 18.2 Å². The van der Waals surface area contributed by atoms with Gasteiger partial charge in [-0.3, -0.25) is 4.79 Å². The first-order valence-corrected chi connectivity index (χ1v) is 10.0. The number of hydrogen-bond donors (Lipinski definition) is 1. The molecule has 1 N–H and O–H groups in total. The van der Waals surface area contributed by atoms with Gasteiger partial charge in [-0.1, -0.05) is 0 Å². The Morgan fingerprint density at radius 3 is 2.68 bits per heavy atom. The molecule has 2 saturated heterocycles. The SMILES string of the molecule is Cc1cc(F)ccc1OC(C)C1CCN(C(=O)[C@H]2C[C@@]3(COC(=O)N3)C2)CC1. The van der Waals surface area contributed by atoms with Crippen LogP contribution in [-0.4, -0.2) is 48.2 Å². The molecule has 6 nitrogen and oxygen atoms in total. The number of likely N-dealkylation sites (tertiary alicyclic amines) is 1. The number of carbonyl (C=O) groups is 2. The number of nitrogens with one attached hydrogen (secondary N) is 1. The summed E-state index contributed by atoms with van der Waals surface area (Å²) in [6.07, 6.45) is 2.76. The lowest BCUT2D eigenvalue weighted by Gasteiger charge is -2.45. The minimum atomic E-state index is -0.378. The molecule has 28 heavy (non-hydrogen) atoms. The molecule has 152 valence electrons. The van der Waals surface area contributed by atoms with Crippen molar-refractivity contribution in [1.29, 1.82) is 0 Å². The summed E-state index contributed by atoms with van der Waals surface area (Å²) in [5.41, 5.74) is 0.479. The molecular formula is C21H27FN2O4. The van der Waals surface area contributed by atoms with Crippen molar-refractivity contribution in [3.63, 3.8) is 0 Å². The van der Waals surface area contributed by atoms with Crippen LogP contribution >= 0.6 is 0 Å². The predicted octanol–water partition coefficient (Wildman–Crippen LogP) is 3.03. The van der Waals surface area contributed by atoms with Crippen molar-refractivity contribution in [2.45, 2.75) is 51.2 Å². The van der Waals surface area contributed by atoms with E-state index < -0.39 is 0 Å². The first-order chi connectivity index (χ1) is 13.3. The van der Waals surface area contributed by atoms with E-state index in [1.54, 1.807) is 6.07 Å². The topological polar surface area (TPSA) is 67.9 Å². The molecule has 2 heterocycles. The Hall–Kier alpha value is -2.31. The Morgan fingerprint density at radius 2 is 2.07 bits per heavy atom. The third kappa shape index (κ3) is 3.66. The van der Waals surface area contributed by atoms with Crippen molar-refractivity contribution >= 4 is 12.0 Å². The molecule has 1 aromatic rings. The average molecular weight is 390 g/mol. The number of benzene rings is 1. The third-order valence-electron chi connectivity index (χ3n) is 6.44. The number of piperidine rings is 1. The Labute approximate surface area is 164 Å². The van der Waals surface area contributed by atoms with Crippen molar-refractivity contribution in [1.82, 2.24) is 10.2 Å². The first kappa shape index (κ1) is 19.0. The normalized spacial score (nSPS) is 28.5. The standard InChI is InChI=1S/C21H27FN2O4/c1-13-9-17(22)3-4-18(13)28-14(2)15-5-7-24(8-6-15)19(25)16-10-21(11-16)12-27-20(26)23-21/h3-4,9,14-16H,5-8,10-12H2,1-2H3,(H,23,26)/t14?,16-,21-. The fourth-order valence-electron chi connectivity index (χ4n) is 4.66. The first-order valence-electron chi connectivity index (χ1n) is 10.0. The Bertz CT molecular complexity index is 770. The second kappa shape index (κ2) is 7.26. The van der Waals surface area contributed by atoms with Crippen LogP contribution in [0.1, 0.15) is 38.2 Å². The molecule has 1 spiro atoms. The quantitative estimate of drug-likeness (QED) is 0.858. The third-order valence-corrected chi connectivity index (χ3v) is 6.44. The monoisotopic (exact) mass is 390 g/mol. The molecule has 2 amide bonds. The van der Waals surface area contributed by atoms with E-state index in [9.17, 15) is 14.0 Å². The lowest BCUT2D eigenvalue weighted by molar-refractivity contribution is -0.143. The number of carbonyl (C=O) groups excluding carboxylic acids is 2. The van der Waals surface area contributed by atoms with E-state index in [-0.39, 0.29) is 35.4 Å². The molecule has 1 aliphatic carbocycles. The van der Waals surface area contributed by atoms with Crippen LogP contribution in [-0.2, 0) is 9.53 Å². The van der Waals surface area contributed by atoms with Crippen LogP contribution in [0.25, 0.3) is 0 Å². The lowest BCUT2D eigenvalue weighted by atomic mass is 9.68. The summed E-state index contributed by atoms with van der Waals surface area (Å²) < 4.78 is 24.3. The zero-order valence-electron chi connectivity index (χ0n) is 16.4. The zero-order chi connectivity index (χ0) is 19.9. The van der Waals surface area contributed by atoms with Gasteiger partial charge >= 0.3 is 6.09 Å². The fourth-order valence-corrected chi connectivity index (χ4v) is 4.66. The van der Waals surface area contributed by atoms with Gasteiger partial charge in [-0.25, -0.2) is 9.18 Å². The molecule has 1 atom stereocenters. The molecule has 0 aromatic heterocycles. The highest BCUT2D eigenvalue weighted by Gasteiger charge is 2.53. The van der Waals surface area contributed by atoms with E-state index in [1.165, 1.54) is 12.1 Å². The zero-order valence-corrected chi connectivity index (χ0v) is 16.4. The van der Waals surface area contributed by atoms with Gasteiger partial charge in [-0.15, -0.1) is 0 Å². The second-order valence-electron chi connectivity index (χ2n) is 8.48. The lowest BCUT2D eigenvalue weighted by Crippen LogP contribution is -2.58. The number of cyclic esters (lactones) is 1. The number of rotatable bonds is 4. The number of alkyl carbamates (subject to hydrolysis) is 1. The molecule has 3 aliphatic rings. The van der Waals surface area contributed by atoms with Crippen molar-refractivity contribution in [3.05, 3.63) is 29.6 Å². The van der Waals surface area contributed by atoms with Crippen LogP contribution in [0, 0.1) is 24.6 Å². The minimum Gasteiger partial charge on any atom is -0.490 e.